The van der Waals surface area contributed by atoms with Gasteiger partial charge in [-0.2, -0.15) is 9.67 Å². The summed E-state index contributed by atoms with van der Waals surface area (Å²) in [5, 5.41) is 23.0. The molecule has 2 aromatic carbocycles. The number of carboxylic acid groups (broad SMARTS) is 1. The number of carboxylic acids is 1. The Labute approximate surface area is 236 Å². The Kier molecular flexibility index (Phi) is 9.51. The lowest BCUT2D eigenvalue weighted by Crippen LogP contribution is -2.33. The number of ether oxygens (including phenoxy) is 3. The van der Waals surface area contributed by atoms with Crippen molar-refractivity contribution in [1.29, 1.82) is 0 Å². The summed E-state index contributed by atoms with van der Waals surface area (Å²) < 4.78 is 18.2. The molecule has 216 valence electrons. The van der Waals surface area contributed by atoms with Crippen LogP contribution in [0.3, 0.4) is 0 Å². The van der Waals surface area contributed by atoms with E-state index < -0.39 is 17.7 Å². The molecule has 4 aromatic rings. The van der Waals surface area contributed by atoms with Gasteiger partial charge in [-0.05, 0) is 70.0 Å². The number of rotatable bonds is 13. The summed E-state index contributed by atoms with van der Waals surface area (Å²) in [4.78, 5) is 31.3. The number of aliphatic carboxylic acids is 1. The Balaban J connectivity index is 1.33. The zero-order valence-electron chi connectivity index (χ0n) is 23.2. The second-order valence-electron chi connectivity index (χ2n) is 10.0. The van der Waals surface area contributed by atoms with E-state index in [1.807, 2.05) is 57.2 Å². The number of hydrogen-bond acceptors (Lipinski definition) is 10. The Morgan fingerprint density at radius 1 is 1.00 bits per heavy atom. The van der Waals surface area contributed by atoms with Crippen LogP contribution in [0.1, 0.15) is 40.0 Å². The Morgan fingerprint density at radius 2 is 1.76 bits per heavy atom. The lowest BCUT2D eigenvalue weighted by atomic mass is 10.2. The summed E-state index contributed by atoms with van der Waals surface area (Å²) in [5.74, 6) is 0.797. The number of nitrogens with zero attached hydrogens (tertiary/aromatic N) is 5. The third kappa shape index (κ3) is 9.05. The smallest absolute Gasteiger partial charge is 0.407 e. The number of aromatic nitrogens is 5. The molecular formula is C28H33N7O6. The topological polar surface area (TPSA) is 163 Å². The highest BCUT2D eigenvalue weighted by atomic mass is 16.6. The van der Waals surface area contributed by atoms with E-state index in [0.717, 1.165) is 11.4 Å². The van der Waals surface area contributed by atoms with Crippen LogP contribution in [-0.2, 0) is 9.53 Å². The van der Waals surface area contributed by atoms with Gasteiger partial charge in [0.1, 0.15) is 17.1 Å². The molecule has 4 rings (SSSR count). The number of anilines is 2. The van der Waals surface area contributed by atoms with E-state index in [1.54, 1.807) is 23.0 Å². The Morgan fingerprint density at radius 3 is 2.51 bits per heavy atom. The zero-order chi connectivity index (χ0) is 29.2. The van der Waals surface area contributed by atoms with Gasteiger partial charge in [-0.1, -0.05) is 11.3 Å². The number of carbonyl (C=O) groups is 2. The summed E-state index contributed by atoms with van der Waals surface area (Å²) in [6, 6.07) is 14.6. The molecule has 0 radical (unpaired) electrons. The fourth-order valence-corrected chi connectivity index (χ4v) is 3.62. The van der Waals surface area contributed by atoms with Crippen molar-refractivity contribution in [1.82, 2.24) is 30.3 Å². The van der Waals surface area contributed by atoms with Crippen molar-refractivity contribution in [2.75, 3.05) is 25.1 Å². The molecule has 0 aliphatic heterocycles. The first kappa shape index (κ1) is 29.1. The average molecular weight is 564 g/mol. The average Bonchev–Trinajstić information content (AvgIpc) is 3.34. The summed E-state index contributed by atoms with van der Waals surface area (Å²) >= 11 is 0. The van der Waals surface area contributed by atoms with Crippen LogP contribution in [0.5, 0.6) is 11.5 Å². The number of hydrogen-bond donors (Lipinski definition) is 3. The molecule has 0 unspecified atom stereocenters. The molecule has 0 atom stereocenters. The van der Waals surface area contributed by atoms with E-state index in [-0.39, 0.29) is 6.42 Å². The fraction of sp³-hybridized carbons (Fsp3) is 0.357. The predicted molar refractivity (Wildman–Crippen MR) is 151 cm³/mol. The highest BCUT2D eigenvalue weighted by Crippen LogP contribution is 2.22. The highest BCUT2D eigenvalue weighted by molar-refractivity contribution is 5.73. The molecule has 0 bridgehead atoms. The number of carbonyl (C=O) groups excluding carboxylic acids is 1. The third-order valence-corrected chi connectivity index (χ3v) is 5.43. The van der Waals surface area contributed by atoms with Gasteiger partial charge >= 0.3 is 12.1 Å². The Bertz CT molecular complexity index is 1470. The molecule has 13 nitrogen and oxygen atoms in total. The first-order valence-corrected chi connectivity index (χ1v) is 13.2. The number of fused-ring (bicyclic) bond motifs is 1. The normalized spacial score (nSPS) is 11.2. The molecule has 2 heterocycles. The van der Waals surface area contributed by atoms with E-state index in [2.05, 4.69) is 30.9 Å². The molecule has 2 aromatic heterocycles. The SMILES string of the molecule is CC(C)(C)OC(=O)NCCCOc1cccc(Nc2ncc3nnn(-c4ccc(OCCCC(=O)O)cc4)c3n2)c1. The van der Waals surface area contributed by atoms with Crippen LogP contribution >= 0.6 is 0 Å². The molecular weight excluding hydrogens is 530 g/mol. The van der Waals surface area contributed by atoms with Crippen LogP contribution in [0, 0.1) is 0 Å². The molecule has 0 fully saturated rings. The van der Waals surface area contributed by atoms with Crippen LogP contribution in [-0.4, -0.2) is 67.5 Å². The number of nitrogens with one attached hydrogen (secondary N) is 2. The van der Waals surface area contributed by atoms with Crippen molar-refractivity contribution in [3.63, 3.8) is 0 Å². The maximum Gasteiger partial charge on any atom is 0.407 e. The summed E-state index contributed by atoms with van der Waals surface area (Å²) in [6.45, 7) is 6.62. The lowest BCUT2D eigenvalue weighted by molar-refractivity contribution is -0.137. The second-order valence-corrected chi connectivity index (χ2v) is 10.0. The number of benzene rings is 2. The second kappa shape index (κ2) is 13.4. The van der Waals surface area contributed by atoms with Gasteiger partial charge in [-0.3, -0.25) is 4.79 Å². The van der Waals surface area contributed by atoms with E-state index in [4.69, 9.17) is 19.3 Å². The maximum absolute atomic E-state index is 11.7. The molecule has 3 N–H and O–H groups in total. The molecule has 13 heteroatoms. The van der Waals surface area contributed by atoms with Crippen LogP contribution < -0.4 is 20.1 Å². The van der Waals surface area contributed by atoms with Crippen molar-refractivity contribution in [3.8, 4) is 17.2 Å². The van der Waals surface area contributed by atoms with Crippen molar-refractivity contribution >= 4 is 34.9 Å². The summed E-state index contributed by atoms with van der Waals surface area (Å²) in [7, 11) is 0. The summed E-state index contributed by atoms with van der Waals surface area (Å²) in [5.41, 5.74) is 1.97. The molecule has 0 saturated carbocycles. The van der Waals surface area contributed by atoms with Gasteiger partial charge in [-0.15, -0.1) is 5.10 Å². The molecule has 0 saturated heterocycles. The minimum atomic E-state index is -0.847. The van der Waals surface area contributed by atoms with Gasteiger partial charge in [0.2, 0.25) is 5.95 Å². The van der Waals surface area contributed by atoms with Crippen molar-refractivity contribution < 1.29 is 28.9 Å². The number of amides is 1. The largest absolute Gasteiger partial charge is 0.494 e. The van der Waals surface area contributed by atoms with E-state index in [9.17, 15) is 9.59 Å². The maximum atomic E-state index is 11.7. The Hall–Kier alpha value is -4.94. The first-order valence-electron chi connectivity index (χ1n) is 13.2. The predicted octanol–water partition coefficient (Wildman–Crippen LogP) is 4.49. The van der Waals surface area contributed by atoms with E-state index in [1.165, 1.54) is 0 Å². The highest BCUT2D eigenvalue weighted by Gasteiger charge is 2.15. The lowest BCUT2D eigenvalue weighted by Gasteiger charge is -2.19. The zero-order valence-corrected chi connectivity index (χ0v) is 23.2. The van der Waals surface area contributed by atoms with Crippen LogP contribution in [0.4, 0.5) is 16.4 Å². The van der Waals surface area contributed by atoms with Gasteiger partial charge < -0.3 is 30.0 Å². The molecule has 0 aliphatic carbocycles. The van der Waals surface area contributed by atoms with E-state index in [0.29, 0.717) is 61.2 Å². The van der Waals surface area contributed by atoms with Crippen LogP contribution in [0.2, 0.25) is 0 Å². The monoisotopic (exact) mass is 563 g/mol. The first-order chi connectivity index (χ1) is 19.7. The van der Waals surface area contributed by atoms with Crippen molar-refractivity contribution in [2.45, 2.75) is 45.6 Å². The van der Waals surface area contributed by atoms with E-state index >= 15 is 0 Å². The molecule has 0 spiro atoms. The van der Waals surface area contributed by atoms with Gasteiger partial charge in [-0.25, -0.2) is 9.78 Å². The number of alkyl carbamates (subject to hydrolysis) is 1. The quantitative estimate of drug-likeness (QED) is 0.196. The summed E-state index contributed by atoms with van der Waals surface area (Å²) in [6.07, 6.45) is 2.25. The standard InChI is InChI=1S/C28H33N7O6/c1-28(2,3)41-27(38)29-14-6-16-40-22-8-4-7-19(17-22)31-26-30-18-23-25(32-26)35(34-33-23)20-10-12-21(13-11-20)39-15-5-9-24(36)37/h4,7-8,10-13,17-18H,5-6,9,14-16H2,1-3H3,(H,29,38)(H,36,37)(H,30,31,32). The van der Waals surface area contributed by atoms with Gasteiger partial charge in [0.05, 0.1) is 25.1 Å². The van der Waals surface area contributed by atoms with Crippen molar-refractivity contribution in [3.05, 3.63) is 54.7 Å². The molecule has 0 aliphatic rings. The van der Waals surface area contributed by atoms with Crippen molar-refractivity contribution in [2.24, 2.45) is 0 Å². The van der Waals surface area contributed by atoms with Crippen LogP contribution in [0.25, 0.3) is 16.9 Å². The van der Waals surface area contributed by atoms with Gasteiger partial charge in [0, 0.05) is 24.7 Å². The van der Waals surface area contributed by atoms with Gasteiger partial charge in [0.15, 0.2) is 11.2 Å². The molecule has 41 heavy (non-hydrogen) atoms. The van der Waals surface area contributed by atoms with Gasteiger partial charge in [0.25, 0.3) is 0 Å². The minimum absolute atomic E-state index is 0.0610. The minimum Gasteiger partial charge on any atom is -0.494 e. The fourth-order valence-electron chi connectivity index (χ4n) is 3.62. The third-order valence-electron chi connectivity index (χ3n) is 5.43. The van der Waals surface area contributed by atoms with Crippen LogP contribution in [0.15, 0.2) is 54.7 Å². The molecule has 1 amide bonds.